The van der Waals surface area contributed by atoms with Gasteiger partial charge in [-0.3, -0.25) is 9.20 Å². The molecule has 0 atom stereocenters. The van der Waals surface area contributed by atoms with Crippen LogP contribution in [-0.4, -0.2) is 15.3 Å². The first-order chi connectivity index (χ1) is 9.16. The molecule has 0 saturated carbocycles. The van der Waals surface area contributed by atoms with E-state index in [1.807, 2.05) is 42.5 Å². The van der Waals surface area contributed by atoms with Crippen LogP contribution in [0.25, 0.3) is 16.9 Å². The van der Waals surface area contributed by atoms with Gasteiger partial charge in [0.25, 0.3) is 5.91 Å². The molecule has 0 radical (unpaired) electrons. The molecular formula is C14H10BrN3O. The number of hydrogen-bond acceptors (Lipinski definition) is 2. The van der Waals surface area contributed by atoms with E-state index in [9.17, 15) is 4.79 Å². The monoisotopic (exact) mass is 315 g/mol. The van der Waals surface area contributed by atoms with Crippen molar-refractivity contribution in [3.63, 3.8) is 0 Å². The molecule has 1 amide bonds. The Balaban J connectivity index is 2.31. The van der Waals surface area contributed by atoms with Crippen LogP contribution in [0.4, 0.5) is 0 Å². The van der Waals surface area contributed by atoms with E-state index in [0.29, 0.717) is 17.0 Å². The zero-order chi connectivity index (χ0) is 13.4. The standard InChI is InChI=1S/C14H10BrN3O/c15-10-6-4-9(5-7-10)12-13(14(16)19)18-8-2-1-3-11(18)17-12/h1-8H,(H2,16,19). The van der Waals surface area contributed by atoms with Crippen molar-refractivity contribution in [1.82, 2.24) is 9.38 Å². The van der Waals surface area contributed by atoms with E-state index in [4.69, 9.17) is 5.73 Å². The zero-order valence-corrected chi connectivity index (χ0v) is 11.5. The summed E-state index contributed by atoms with van der Waals surface area (Å²) in [6.07, 6.45) is 1.78. The van der Waals surface area contributed by atoms with Crippen LogP contribution in [-0.2, 0) is 0 Å². The van der Waals surface area contributed by atoms with Crippen LogP contribution in [0.3, 0.4) is 0 Å². The first kappa shape index (κ1) is 11.9. The third-order valence-corrected chi connectivity index (χ3v) is 3.41. The second-order valence-electron chi connectivity index (χ2n) is 4.11. The molecule has 5 heteroatoms. The molecule has 0 fully saturated rings. The third-order valence-electron chi connectivity index (χ3n) is 2.88. The number of carbonyl (C=O) groups is 1. The van der Waals surface area contributed by atoms with Gasteiger partial charge in [-0.15, -0.1) is 0 Å². The molecule has 2 N–H and O–H groups in total. The van der Waals surface area contributed by atoms with Gasteiger partial charge in [0.15, 0.2) is 0 Å². The molecule has 1 aromatic carbocycles. The highest BCUT2D eigenvalue weighted by molar-refractivity contribution is 9.10. The number of imidazole rings is 1. The average Bonchev–Trinajstić information content (AvgIpc) is 2.78. The fraction of sp³-hybridized carbons (Fsp3) is 0. The SMILES string of the molecule is NC(=O)c1c(-c2ccc(Br)cc2)nc2ccccn12. The number of carbonyl (C=O) groups excluding carboxylic acids is 1. The van der Waals surface area contributed by atoms with Crippen LogP contribution >= 0.6 is 15.9 Å². The lowest BCUT2D eigenvalue weighted by Crippen LogP contribution is -2.14. The number of rotatable bonds is 2. The van der Waals surface area contributed by atoms with E-state index in [2.05, 4.69) is 20.9 Å². The summed E-state index contributed by atoms with van der Waals surface area (Å²) in [5, 5.41) is 0. The molecule has 94 valence electrons. The molecule has 0 aliphatic rings. The van der Waals surface area contributed by atoms with Gasteiger partial charge in [0.05, 0.1) is 0 Å². The molecular weight excluding hydrogens is 306 g/mol. The Labute approximate surface area is 118 Å². The number of hydrogen-bond donors (Lipinski definition) is 1. The first-order valence-corrected chi connectivity index (χ1v) is 6.49. The predicted molar refractivity (Wildman–Crippen MR) is 76.8 cm³/mol. The largest absolute Gasteiger partial charge is 0.364 e. The van der Waals surface area contributed by atoms with E-state index in [1.54, 1.807) is 10.6 Å². The van der Waals surface area contributed by atoms with Crippen molar-refractivity contribution in [2.75, 3.05) is 0 Å². The Kier molecular flexibility index (Phi) is 2.83. The number of halogens is 1. The Morgan fingerprint density at radius 2 is 1.89 bits per heavy atom. The number of nitrogens with two attached hydrogens (primary N) is 1. The zero-order valence-electron chi connectivity index (χ0n) is 9.88. The van der Waals surface area contributed by atoms with Crippen molar-refractivity contribution >= 4 is 27.5 Å². The van der Waals surface area contributed by atoms with Crippen LogP contribution in [0.15, 0.2) is 53.1 Å². The topological polar surface area (TPSA) is 60.4 Å². The van der Waals surface area contributed by atoms with E-state index >= 15 is 0 Å². The lowest BCUT2D eigenvalue weighted by molar-refractivity contribution is 0.0995. The number of amides is 1. The molecule has 0 saturated heterocycles. The van der Waals surface area contributed by atoms with Crippen molar-refractivity contribution in [3.05, 3.63) is 58.8 Å². The highest BCUT2D eigenvalue weighted by Gasteiger charge is 2.17. The molecule has 19 heavy (non-hydrogen) atoms. The normalized spacial score (nSPS) is 10.8. The van der Waals surface area contributed by atoms with Gasteiger partial charge >= 0.3 is 0 Å². The predicted octanol–water partition coefficient (Wildman–Crippen LogP) is 2.86. The van der Waals surface area contributed by atoms with E-state index < -0.39 is 5.91 Å². The summed E-state index contributed by atoms with van der Waals surface area (Å²) in [5.41, 5.74) is 8.05. The number of benzene rings is 1. The molecule has 3 aromatic rings. The summed E-state index contributed by atoms with van der Waals surface area (Å²) in [5.74, 6) is -0.489. The minimum Gasteiger partial charge on any atom is -0.364 e. The van der Waals surface area contributed by atoms with Gasteiger partial charge in [-0.25, -0.2) is 4.98 Å². The second kappa shape index (κ2) is 4.51. The quantitative estimate of drug-likeness (QED) is 0.790. The lowest BCUT2D eigenvalue weighted by atomic mass is 10.1. The maximum atomic E-state index is 11.7. The Morgan fingerprint density at radius 3 is 2.58 bits per heavy atom. The minimum atomic E-state index is -0.489. The number of aromatic nitrogens is 2. The van der Waals surface area contributed by atoms with Crippen LogP contribution < -0.4 is 5.73 Å². The highest BCUT2D eigenvalue weighted by atomic mass is 79.9. The summed E-state index contributed by atoms with van der Waals surface area (Å²) in [4.78, 5) is 16.2. The summed E-state index contributed by atoms with van der Waals surface area (Å²) in [6, 6.07) is 13.2. The lowest BCUT2D eigenvalue weighted by Gasteiger charge is -2.01. The molecule has 0 aliphatic carbocycles. The van der Waals surface area contributed by atoms with E-state index in [1.165, 1.54) is 0 Å². The van der Waals surface area contributed by atoms with Gasteiger partial charge in [0, 0.05) is 16.2 Å². The fourth-order valence-electron chi connectivity index (χ4n) is 2.04. The smallest absolute Gasteiger partial charge is 0.268 e. The van der Waals surface area contributed by atoms with Crippen molar-refractivity contribution in [2.45, 2.75) is 0 Å². The molecule has 2 aromatic heterocycles. The Morgan fingerprint density at radius 1 is 1.16 bits per heavy atom. The summed E-state index contributed by atoms with van der Waals surface area (Å²) in [6.45, 7) is 0. The molecule has 0 aliphatic heterocycles. The Bertz CT molecular complexity index is 762. The van der Waals surface area contributed by atoms with Crippen molar-refractivity contribution < 1.29 is 4.79 Å². The second-order valence-corrected chi connectivity index (χ2v) is 5.02. The van der Waals surface area contributed by atoms with Crippen molar-refractivity contribution in [1.29, 1.82) is 0 Å². The number of pyridine rings is 1. The van der Waals surface area contributed by atoms with E-state index in [0.717, 1.165) is 10.0 Å². The number of nitrogens with zero attached hydrogens (tertiary/aromatic N) is 2. The molecule has 0 unspecified atom stereocenters. The molecule has 0 bridgehead atoms. The first-order valence-electron chi connectivity index (χ1n) is 5.69. The number of primary amides is 1. The summed E-state index contributed by atoms with van der Waals surface area (Å²) >= 11 is 3.38. The van der Waals surface area contributed by atoms with Gasteiger partial charge in [-0.2, -0.15) is 0 Å². The van der Waals surface area contributed by atoms with Crippen LogP contribution in [0.2, 0.25) is 0 Å². The van der Waals surface area contributed by atoms with Gasteiger partial charge in [0.2, 0.25) is 0 Å². The highest BCUT2D eigenvalue weighted by Crippen LogP contribution is 2.25. The van der Waals surface area contributed by atoms with Crippen LogP contribution in [0.5, 0.6) is 0 Å². The summed E-state index contributed by atoms with van der Waals surface area (Å²) in [7, 11) is 0. The molecule has 0 spiro atoms. The van der Waals surface area contributed by atoms with E-state index in [-0.39, 0.29) is 0 Å². The maximum Gasteiger partial charge on any atom is 0.268 e. The average molecular weight is 316 g/mol. The van der Waals surface area contributed by atoms with Crippen molar-refractivity contribution in [3.8, 4) is 11.3 Å². The van der Waals surface area contributed by atoms with Gasteiger partial charge < -0.3 is 5.73 Å². The third kappa shape index (κ3) is 2.02. The minimum absolute atomic E-state index is 0.401. The molecule has 3 rings (SSSR count). The van der Waals surface area contributed by atoms with Crippen molar-refractivity contribution in [2.24, 2.45) is 5.73 Å². The Hall–Kier alpha value is -2.14. The molecule has 2 heterocycles. The summed E-state index contributed by atoms with van der Waals surface area (Å²) < 4.78 is 2.68. The fourth-order valence-corrected chi connectivity index (χ4v) is 2.30. The number of fused-ring (bicyclic) bond motifs is 1. The van der Waals surface area contributed by atoms with Gasteiger partial charge in [-0.1, -0.05) is 34.1 Å². The molecule has 4 nitrogen and oxygen atoms in total. The maximum absolute atomic E-state index is 11.7. The van der Waals surface area contributed by atoms with Crippen LogP contribution in [0.1, 0.15) is 10.5 Å². The van der Waals surface area contributed by atoms with Gasteiger partial charge in [0.1, 0.15) is 17.0 Å². The van der Waals surface area contributed by atoms with Crippen LogP contribution in [0, 0.1) is 0 Å². The van der Waals surface area contributed by atoms with Gasteiger partial charge in [-0.05, 0) is 24.3 Å².